The predicted molar refractivity (Wildman–Crippen MR) is 101 cm³/mol. The maximum absolute atomic E-state index is 5.61. The molecule has 7 heteroatoms. The van der Waals surface area contributed by atoms with Crippen molar-refractivity contribution in [1.82, 2.24) is 0 Å². The lowest BCUT2D eigenvalue weighted by Crippen LogP contribution is -2.14. The third-order valence-corrected chi connectivity index (χ3v) is 3.10. The molecule has 148 valence electrons. The molecule has 2 N–H and O–H groups in total. The Balaban J connectivity index is 1.73. The van der Waals surface area contributed by atoms with E-state index in [-0.39, 0.29) is 0 Å². The number of hydrogen-bond donors (Lipinski definition) is 1. The van der Waals surface area contributed by atoms with Gasteiger partial charge in [0.05, 0.1) is 66.1 Å². The zero-order valence-electron chi connectivity index (χ0n) is 15.4. The summed E-state index contributed by atoms with van der Waals surface area (Å²) in [5.41, 5.74) is 6.32. The van der Waals surface area contributed by atoms with E-state index >= 15 is 0 Å². The van der Waals surface area contributed by atoms with E-state index in [1.54, 1.807) is 18.2 Å². The third kappa shape index (κ3) is 13.6. The van der Waals surface area contributed by atoms with Crippen molar-refractivity contribution in [2.75, 3.05) is 78.4 Å². The molecule has 0 aliphatic carbocycles. The minimum Gasteiger partial charge on any atom is -0.491 e. The van der Waals surface area contributed by atoms with Crippen LogP contribution in [0.15, 0.2) is 36.9 Å². The maximum atomic E-state index is 5.61. The van der Waals surface area contributed by atoms with Crippen LogP contribution >= 0.6 is 0 Å². The molecule has 0 saturated heterocycles. The van der Waals surface area contributed by atoms with Crippen molar-refractivity contribution < 1.29 is 28.4 Å². The number of ether oxygens (including phenoxy) is 6. The van der Waals surface area contributed by atoms with Crippen molar-refractivity contribution in [1.29, 1.82) is 0 Å². The fourth-order valence-electron chi connectivity index (χ4n) is 1.83. The Labute approximate surface area is 156 Å². The molecule has 0 fully saturated rings. The lowest BCUT2D eigenvalue weighted by molar-refractivity contribution is -0.0112. The van der Waals surface area contributed by atoms with Crippen LogP contribution in [-0.2, 0) is 23.7 Å². The Kier molecular flexibility index (Phi) is 14.5. The van der Waals surface area contributed by atoms with Gasteiger partial charge in [0.15, 0.2) is 0 Å². The molecular weight excluding hydrogens is 338 g/mol. The molecule has 0 atom stereocenters. The lowest BCUT2D eigenvalue weighted by atomic mass is 10.3. The van der Waals surface area contributed by atoms with Crippen LogP contribution in [0.5, 0.6) is 5.75 Å². The third-order valence-electron chi connectivity index (χ3n) is 3.10. The van der Waals surface area contributed by atoms with Crippen LogP contribution in [0.25, 0.3) is 0 Å². The molecule has 1 rings (SSSR count). The van der Waals surface area contributed by atoms with Crippen LogP contribution in [-0.4, -0.2) is 72.7 Å². The van der Waals surface area contributed by atoms with E-state index in [1.807, 2.05) is 12.1 Å². The number of nitrogens with two attached hydrogens (primary N) is 1. The predicted octanol–water partition coefficient (Wildman–Crippen LogP) is 1.92. The SMILES string of the molecule is C=CCOCCOCCOCCOCCOCCOc1ccc(N)cc1. The van der Waals surface area contributed by atoms with E-state index < -0.39 is 0 Å². The minimum atomic E-state index is 0.492. The second-order valence-electron chi connectivity index (χ2n) is 5.23. The Morgan fingerprint density at radius 3 is 1.54 bits per heavy atom. The molecule has 0 saturated carbocycles. The first-order valence-electron chi connectivity index (χ1n) is 8.81. The monoisotopic (exact) mass is 369 g/mol. The van der Waals surface area contributed by atoms with Crippen molar-refractivity contribution in [2.24, 2.45) is 0 Å². The van der Waals surface area contributed by atoms with Gasteiger partial charge in [0.2, 0.25) is 0 Å². The van der Waals surface area contributed by atoms with Gasteiger partial charge in [-0.1, -0.05) is 6.08 Å². The van der Waals surface area contributed by atoms with E-state index in [2.05, 4.69) is 6.58 Å². The van der Waals surface area contributed by atoms with Crippen molar-refractivity contribution in [3.8, 4) is 5.75 Å². The molecule has 0 radical (unpaired) electrons. The van der Waals surface area contributed by atoms with Crippen molar-refractivity contribution in [3.63, 3.8) is 0 Å². The highest BCUT2D eigenvalue weighted by Crippen LogP contribution is 2.12. The zero-order valence-corrected chi connectivity index (χ0v) is 15.4. The first kappa shape index (κ1) is 22.4. The highest BCUT2D eigenvalue weighted by molar-refractivity contribution is 5.41. The van der Waals surface area contributed by atoms with E-state index in [0.29, 0.717) is 72.7 Å². The summed E-state index contributed by atoms with van der Waals surface area (Å²) in [5.74, 6) is 0.782. The molecule has 0 amide bonds. The van der Waals surface area contributed by atoms with Gasteiger partial charge in [-0.2, -0.15) is 0 Å². The van der Waals surface area contributed by atoms with Gasteiger partial charge in [-0.3, -0.25) is 0 Å². The summed E-state index contributed by atoms with van der Waals surface area (Å²) >= 11 is 0. The van der Waals surface area contributed by atoms with Gasteiger partial charge in [0.1, 0.15) is 12.4 Å². The number of benzene rings is 1. The van der Waals surface area contributed by atoms with Gasteiger partial charge in [-0.05, 0) is 24.3 Å². The Morgan fingerprint density at radius 2 is 1.08 bits per heavy atom. The van der Waals surface area contributed by atoms with Crippen LogP contribution in [0.4, 0.5) is 5.69 Å². The normalized spacial score (nSPS) is 10.8. The summed E-state index contributed by atoms with van der Waals surface area (Å²) in [6.45, 7) is 9.48. The van der Waals surface area contributed by atoms with Crippen molar-refractivity contribution >= 4 is 5.69 Å². The quantitative estimate of drug-likeness (QED) is 0.240. The topological polar surface area (TPSA) is 81.4 Å². The second kappa shape index (κ2) is 16.8. The van der Waals surface area contributed by atoms with E-state index in [1.165, 1.54) is 0 Å². The number of rotatable bonds is 18. The lowest BCUT2D eigenvalue weighted by Gasteiger charge is -2.08. The molecule has 0 heterocycles. The number of hydrogen-bond acceptors (Lipinski definition) is 7. The highest BCUT2D eigenvalue weighted by Gasteiger charge is 1.95. The summed E-state index contributed by atoms with van der Waals surface area (Å²) in [5, 5.41) is 0. The largest absolute Gasteiger partial charge is 0.491 e. The molecule has 0 spiro atoms. The van der Waals surface area contributed by atoms with E-state index in [9.17, 15) is 0 Å². The zero-order chi connectivity index (χ0) is 18.7. The minimum absolute atomic E-state index is 0.492. The highest BCUT2D eigenvalue weighted by atomic mass is 16.6. The average molecular weight is 369 g/mol. The van der Waals surface area contributed by atoms with Gasteiger partial charge in [-0.25, -0.2) is 0 Å². The van der Waals surface area contributed by atoms with Crippen LogP contribution in [0.2, 0.25) is 0 Å². The Morgan fingerprint density at radius 1 is 0.654 bits per heavy atom. The molecule has 26 heavy (non-hydrogen) atoms. The van der Waals surface area contributed by atoms with Gasteiger partial charge in [0.25, 0.3) is 0 Å². The fourth-order valence-corrected chi connectivity index (χ4v) is 1.83. The van der Waals surface area contributed by atoms with Crippen LogP contribution in [0, 0.1) is 0 Å². The second-order valence-corrected chi connectivity index (χ2v) is 5.23. The van der Waals surface area contributed by atoms with Crippen molar-refractivity contribution in [3.05, 3.63) is 36.9 Å². The molecular formula is C19H31NO6. The first-order valence-corrected chi connectivity index (χ1v) is 8.81. The van der Waals surface area contributed by atoms with Gasteiger partial charge in [-0.15, -0.1) is 6.58 Å². The molecule has 7 nitrogen and oxygen atoms in total. The summed E-state index contributed by atoms with van der Waals surface area (Å²) in [4.78, 5) is 0. The van der Waals surface area contributed by atoms with Gasteiger partial charge >= 0.3 is 0 Å². The smallest absolute Gasteiger partial charge is 0.119 e. The summed E-state index contributed by atoms with van der Waals surface area (Å²) < 4.78 is 32.3. The molecule has 1 aromatic carbocycles. The van der Waals surface area contributed by atoms with E-state index in [4.69, 9.17) is 34.2 Å². The Bertz CT molecular complexity index is 440. The number of nitrogen functional groups attached to an aromatic ring is 1. The van der Waals surface area contributed by atoms with Crippen LogP contribution in [0.1, 0.15) is 0 Å². The molecule has 0 aliphatic heterocycles. The summed E-state index contributed by atoms with van der Waals surface area (Å²) in [6.07, 6.45) is 1.71. The molecule has 0 bridgehead atoms. The first-order chi connectivity index (χ1) is 12.8. The van der Waals surface area contributed by atoms with Crippen molar-refractivity contribution in [2.45, 2.75) is 0 Å². The van der Waals surface area contributed by atoms with Gasteiger partial charge < -0.3 is 34.2 Å². The Hall–Kier alpha value is -1.64. The molecule has 0 aromatic heterocycles. The van der Waals surface area contributed by atoms with E-state index in [0.717, 1.165) is 11.4 Å². The maximum Gasteiger partial charge on any atom is 0.119 e. The standard InChI is InChI=1S/C19H31NO6/c1-2-7-21-8-9-22-10-11-23-12-13-24-14-15-25-16-17-26-19-5-3-18(20)4-6-19/h2-6H,1,7-17,20H2. The van der Waals surface area contributed by atoms with Crippen LogP contribution in [0.3, 0.4) is 0 Å². The van der Waals surface area contributed by atoms with Crippen LogP contribution < -0.4 is 10.5 Å². The van der Waals surface area contributed by atoms with Gasteiger partial charge in [0, 0.05) is 5.69 Å². The fraction of sp³-hybridized carbons (Fsp3) is 0.579. The molecule has 0 unspecified atom stereocenters. The molecule has 1 aromatic rings. The molecule has 0 aliphatic rings. The summed E-state index contributed by atoms with van der Waals surface area (Å²) in [7, 11) is 0. The average Bonchev–Trinajstić information content (AvgIpc) is 2.66. The summed E-state index contributed by atoms with van der Waals surface area (Å²) in [6, 6.07) is 7.27. The number of anilines is 1.